The molecule has 4 aromatic rings. The third kappa shape index (κ3) is 5.01. The number of rotatable bonds is 7. The molecule has 1 heterocycles. The van der Waals surface area contributed by atoms with E-state index in [2.05, 4.69) is 55.6 Å². The summed E-state index contributed by atoms with van der Waals surface area (Å²) in [5.41, 5.74) is 6.88. The van der Waals surface area contributed by atoms with Crippen LogP contribution in [0.4, 0.5) is 0 Å². The zero-order chi connectivity index (χ0) is 23.4. The highest BCUT2D eigenvalue weighted by molar-refractivity contribution is 6.00. The van der Waals surface area contributed by atoms with Crippen LogP contribution in [0, 0.1) is 5.92 Å². The maximum atomic E-state index is 12.3. The van der Waals surface area contributed by atoms with Crippen LogP contribution >= 0.6 is 0 Å². The van der Waals surface area contributed by atoms with E-state index >= 15 is 0 Å². The van der Waals surface area contributed by atoms with Crippen LogP contribution in [0.2, 0.25) is 0 Å². The van der Waals surface area contributed by atoms with Crippen molar-refractivity contribution < 1.29 is 13.9 Å². The van der Waals surface area contributed by atoms with E-state index in [1.165, 1.54) is 11.1 Å². The maximum absolute atomic E-state index is 12.3. The molecule has 0 radical (unpaired) electrons. The minimum Gasteiger partial charge on any atom is -0.496 e. The highest BCUT2D eigenvalue weighted by Crippen LogP contribution is 2.37. The van der Waals surface area contributed by atoms with Crippen LogP contribution in [-0.4, -0.2) is 19.6 Å². The van der Waals surface area contributed by atoms with Crippen LogP contribution < -0.4 is 10.1 Å². The standard InChI is InChI=1S/C29H29NO3/c1-19(2)17-30-29(31)14-20(3)24-15-25-26(18-33-28(25)16-27(24)32-4)23-12-10-22(11-13-23)21-8-6-5-7-9-21/h5-16,18-19H,17H2,1-4H3,(H,30,31)/b20-14+. The Kier molecular flexibility index (Phi) is 6.64. The summed E-state index contributed by atoms with van der Waals surface area (Å²) in [7, 11) is 1.63. The Morgan fingerprint density at radius 3 is 2.33 bits per heavy atom. The predicted molar refractivity (Wildman–Crippen MR) is 135 cm³/mol. The van der Waals surface area contributed by atoms with Crippen molar-refractivity contribution >= 4 is 22.4 Å². The molecule has 1 aromatic heterocycles. The van der Waals surface area contributed by atoms with Gasteiger partial charge in [0.05, 0.1) is 13.4 Å². The topological polar surface area (TPSA) is 51.5 Å². The van der Waals surface area contributed by atoms with Crippen LogP contribution in [0.15, 0.2) is 83.5 Å². The molecule has 1 amide bonds. The number of nitrogens with one attached hydrogen (secondary N) is 1. The van der Waals surface area contributed by atoms with Gasteiger partial charge in [0.2, 0.25) is 5.91 Å². The first-order valence-electron chi connectivity index (χ1n) is 11.2. The number of ether oxygens (including phenoxy) is 1. The van der Waals surface area contributed by atoms with Gasteiger partial charge in [-0.15, -0.1) is 0 Å². The van der Waals surface area contributed by atoms with Crippen molar-refractivity contribution in [2.75, 3.05) is 13.7 Å². The van der Waals surface area contributed by atoms with Gasteiger partial charge in [0.25, 0.3) is 0 Å². The summed E-state index contributed by atoms with van der Waals surface area (Å²) in [5, 5.41) is 3.91. The number of benzene rings is 3. The van der Waals surface area contributed by atoms with Gasteiger partial charge in [-0.1, -0.05) is 68.4 Å². The van der Waals surface area contributed by atoms with E-state index in [1.807, 2.05) is 37.3 Å². The Morgan fingerprint density at radius 2 is 1.67 bits per heavy atom. The number of carbonyl (C=O) groups is 1. The molecule has 0 saturated heterocycles. The van der Waals surface area contributed by atoms with Crippen LogP contribution in [0.3, 0.4) is 0 Å². The Balaban J connectivity index is 1.69. The quantitative estimate of drug-likeness (QED) is 0.317. The average molecular weight is 440 g/mol. The number of carbonyl (C=O) groups excluding carboxylic acids is 1. The fraction of sp³-hybridized carbons (Fsp3) is 0.207. The van der Waals surface area contributed by atoms with E-state index in [-0.39, 0.29) is 5.91 Å². The van der Waals surface area contributed by atoms with Gasteiger partial charge in [-0.2, -0.15) is 0 Å². The van der Waals surface area contributed by atoms with E-state index in [0.29, 0.717) is 18.2 Å². The van der Waals surface area contributed by atoms with E-state index in [1.54, 1.807) is 19.4 Å². The minimum atomic E-state index is -0.104. The van der Waals surface area contributed by atoms with Gasteiger partial charge in [-0.25, -0.2) is 0 Å². The third-order valence-electron chi connectivity index (χ3n) is 5.66. The molecule has 4 heteroatoms. The second-order valence-corrected chi connectivity index (χ2v) is 8.61. The molecule has 0 spiro atoms. The molecule has 0 aliphatic heterocycles. The van der Waals surface area contributed by atoms with Gasteiger partial charge in [-0.3, -0.25) is 4.79 Å². The minimum absolute atomic E-state index is 0.104. The fourth-order valence-corrected chi connectivity index (χ4v) is 3.86. The number of hydrogen-bond acceptors (Lipinski definition) is 3. The summed E-state index contributed by atoms with van der Waals surface area (Å²) in [6.07, 6.45) is 3.40. The van der Waals surface area contributed by atoms with Gasteiger partial charge >= 0.3 is 0 Å². The lowest BCUT2D eigenvalue weighted by molar-refractivity contribution is -0.116. The highest BCUT2D eigenvalue weighted by atomic mass is 16.5. The molecule has 4 nitrogen and oxygen atoms in total. The van der Waals surface area contributed by atoms with E-state index < -0.39 is 0 Å². The summed E-state index contributed by atoms with van der Waals surface area (Å²) in [6.45, 7) is 6.71. The monoisotopic (exact) mass is 439 g/mol. The normalized spacial score (nSPS) is 11.7. The summed E-state index contributed by atoms with van der Waals surface area (Å²) < 4.78 is 11.5. The molecule has 0 bridgehead atoms. The van der Waals surface area contributed by atoms with E-state index in [0.717, 1.165) is 33.2 Å². The number of hydrogen-bond donors (Lipinski definition) is 1. The summed E-state index contributed by atoms with van der Waals surface area (Å²) in [6, 6.07) is 22.7. The van der Waals surface area contributed by atoms with E-state index in [4.69, 9.17) is 9.15 Å². The number of amides is 1. The summed E-state index contributed by atoms with van der Waals surface area (Å²) in [4.78, 5) is 12.3. The van der Waals surface area contributed by atoms with Crippen LogP contribution in [0.25, 0.3) is 38.8 Å². The average Bonchev–Trinajstić information content (AvgIpc) is 3.25. The van der Waals surface area contributed by atoms with Crippen LogP contribution in [0.5, 0.6) is 5.75 Å². The summed E-state index contributed by atoms with van der Waals surface area (Å²) in [5.74, 6) is 0.968. The molecule has 0 aliphatic rings. The van der Waals surface area contributed by atoms with Crippen molar-refractivity contribution in [1.29, 1.82) is 0 Å². The van der Waals surface area contributed by atoms with E-state index in [9.17, 15) is 4.79 Å². The molecular formula is C29H29NO3. The molecule has 0 saturated carbocycles. The molecule has 4 rings (SSSR count). The van der Waals surface area contributed by atoms with Gasteiger partial charge < -0.3 is 14.5 Å². The second kappa shape index (κ2) is 9.78. The number of allylic oxidation sites excluding steroid dienone is 1. The largest absolute Gasteiger partial charge is 0.496 e. The van der Waals surface area contributed by atoms with Crippen LogP contribution in [0.1, 0.15) is 26.3 Å². The molecule has 0 fully saturated rings. The van der Waals surface area contributed by atoms with Crippen molar-refractivity contribution in [3.05, 3.63) is 84.6 Å². The van der Waals surface area contributed by atoms with Crippen molar-refractivity contribution in [3.8, 4) is 28.0 Å². The van der Waals surface area contributed by atoms with Gasteiger partial charge in [-0.05, 0) is 41.2 Å². The predicted octanol–water partition coefficient (Wildman–Crippen LogP) is 6.95. The van der Waals surface area contributed by atoms with Gasteiger partial charge in [0, 0.05) is 35.2 Å². The fourth-order valence-electron chi connectivity index (χ4n) is 3.86. The Hall–Kier alpha value is -3.79. The Bertz CT molecular complexity index is 1280. The zero-order valence-corrected chi connectivity index (χ0v) is 19.5. The molecule has 33 heavy (non-hydrogen) atoms. The molecule has 0 unspecified atom stereocenters. The molecule has 3 aromatic carbocycles. The van der Waals surface area contributed by atoms with Crippen molar-refractivity contribution in [1.82, 2.24) is 5.32 Å². The molecule has 0 aliphatic carbocycles. The molecule has 1 N–H and O–H groups in total. The SMILES string of the molecule is COc1cc2occ(-c3ccc(-c4ccccc4)cc3)c2cc1/C(C)=C/C(=O)NCC(C)C. The Morgan fingerprint density at radius 1 is 1.00 bits per heavy atom. The first-order chi connectivity index (χ1) is 16.0. The van der Waals surface area contributed by atoms with Crippen molar-refractivity contribution in [3.63, 3.8) is 0 Å². The zero-order valence-electron chi connectivity index (χ0n) is 19.5. The lowest BCUT2D eigenvalue weighted by atomic mass is 9.97. The second-order valence-electron chi connectivity index (χ2n) is 8.61. The number of methoxy groups -OCH3 is 1. The lowest BCUT2D eigenvalue weighted by Gasteiger charge is -2.11. The molecular weight excluding hydrogens is 410 g/mol. The highest BCUT2D eigenvalue weighted by Gasteiger charge is 2.15. The first kappa shape index (κ1) is 22.4. The Labute approximate surface area is 194 Å². The van der Waals surface area contributed by atoms with Crippen molar-refractivity contribution in [2.24, 2.45) is 5.92 Å². The molecule has 168 valence electrons. The smallest absolute Gasteiger partial charge is 0.244 e. The number of furan rings is 1. The number of fused-ring (bicyclic) bond motifs is 1. The van der Waals surface area contributed by atoms with Crippen molar-refractivity contribution in [2.45, 2.75) is 20.8 Å². The van der Waals surface area contributed by atoms with Gasteiger partial charge in [0.15, 0.2) is 0 Å². The first-order valence-corrected chi connectivity index (χ1v) is 11.2. The summed E-state index contributed by atoms with van der Waals surface area (Å²) >= 11 is 0. The molecule has 0 atom stereocenters. The lowest BCUT2D eigenvalue weighted by Crippen LogP contribution is -2.25. The van der Waals surface area contributed by atoms with Gasteiger partial charge in [0.1, 0.15) is 11.3 Å². The maximum Gasteiger partial charge on any atom is 0.244 e. The van der Waals surface area contributed by atoms with Crippen LogP contribution in [-0.2, 0) is 4.79 Å². The third-order valence-corrected chi connectivity index (χ3v) is 5.66.